The van der Waals surface area contributed by atoms with Crippen molar-refractivity contribution in [3.05, 3.63) is 55.4 Å². The Morgan fingerprint density at radius 2 is 1.81 bits per heavy atom. The first kappa shape index (κ1) is 32.2. The van der Waals surface area contributed by atoms with Crippen molar-refractivity contribution in [1.82, 2.24) is 14.9 Å². The van der Waals surface area contributed by atoms with Crippen LogP contribution in [0.25, 0.3) is 0 Å². The molecule has 0 radical (unpaired) electrons. The minimum Gasteiger partial charge on any atom is -0.446 e. The molecule has 3 aliphatic rings. The lowest BCUT2D eigenvalue weighted by molar-refractivity contribution is -0.140. The van der Waals surface area contributed by atoms with E-state index < -0.39 is 68.4 Å². The molecule has 5 atom stereocenters. The molecule has 0 heterocycles. The van der Waals surface area contributed by atoms with Crippen molar-refractivity contribution in [1.29, 1.82) is 0 Å². The lowest BCUT2D eigenvalue weighted by atomic mass is 9.93. The Bertz CT molecular complexity index is 1380. The minimum atomic E-state index is -3.86. The number of nitrogens with zero attached hydrogens (tertiary/aromatic N) is 1. The van der Waals surface area contributed by atoms with Gasteiger partial charge in [-0.3, -0.25) is 24.4 Å². The molecule has 11 nitrogen and oxygen atoms in total. The Hall–Kier alpha value is -3.74. The fourth-order valence-corrected chi connectivity index (χ4v) is 6.93. The Labute approximate surface area is 251 Å². The minimum absolute atomic E-state index is 0.0198. The Kier molecular flexibility index (Phi) is 9.93. The number of carbonyl (C=O) groups is 4. The van der Waals surface area contributed by atoms with Crippen molar-refractivity contribution in [3.63, 3.8) is 0 Å². The molecule has 234 valence electrons. The maximum atomic E-state index is 14.0. The highest BCUT2D eigenvalue weighted by atomic mass is 32.2. The predicted molar refractivity (Wildman–Crippen MR) is 157 cm³/mol. The van der Waals surface area contributed by atoms with E-state index in [2.05, 4.69) is 28.5 Å². The fourth-order valence-electron chi connectivity index (χ4n) is 5.56. The number of hydrogen-bond acceptors (Lipinski definition) is 7. The van der Waals surface area contributed by atoms with Crippen molar-refractivity contribution < 1.29 is 36.7 Å². The topological polar surface area (TPSA) is 151 Å². The highest BCUT2D eigenvalue weighted by molar-refractivity contribution is 7.91. The molecule has 4 rings (SSSR count). The molecule has 3 N–H and O–H groups in total. The van der Waals surface area contributed by atoms with E-state index in [4.69, 9.17) is 4.74 Å². The number of para-hydroxylation sites is 1. The van der Waals surface area contributed by atoms with Gasteiger partial charge in [0.2, 0.25) is 21.8 Å². The smallest absolute Gasteiger partial charge is 0.411 e. The summed E-state index contributed by atoms with van der Waals surface area (Å²) in [6.07, 6.45) is 4.97. The van der Waals surface area contributed by atoms with Crippen LogP contribution < -0.4 is 15.4 Å². The quantitative estimate of drug-likeness (QED) is 0.214. The number of unbranched alkanes of at least 4 members (excludes halogenated alkanes) is 2. The van der Waals surface area contributed by atoms with Gasteiger partial charge in [-0.25, -0.2) is 17.6 Å². The summed E-state index contributed by atoms with van der Waals surface area (Å²) >= 11 is 0. The number of anilines is 1. The van der Waals surface area contributed by atoms with Crippen LogP contribution in [0.2, 0.25) is 0 Å². The van der Waals surface area contributed by atoms with Crippen molar-refractivity contribution in [2.45, 2.75) is 68.3 Å². The summed E-state index contributed by atoms with van der Waals surface area (Å²) in [7, 11) is -2.22. The molecule has 3 fully saturated rings. The molecule has 3 saturated carbocycles. The van der Waals surface area contributed by atoms with Crippen LogP contribution in [0.4, 0.5) is 14.9 Å². The van der Waals surface area contributed by atoms with Gasteiger partial charge in [0, 0.05) is 19.5 Å². The number of halogens is 1. The van der Waals surface area contributed by atoms with Crippen molar-refractivity contribution in [3.8, 4) is 0 Å². The van der Waals surface area contributed by atoms with Crippen LogP contribution in [0, 0.1) is 23.6 Å². The number of amides is 4. The fraction of sp³-hybridized carbons (Fsp3) is 0.533. The predicted octanol–water partition coefficient (Wildman–Crippen LogP) is 3.25. The molecule has 1 aromatic rings. The highest BCUT2D eigenvalue weighted by Gasteiger charge is 2.62. The second kappa shape index (κ2) is 13.3. The molecule has 0 saturated heterocycles. The van der Waals surface area contributed by atoms with E-state index in [0.717, 1.165) is 19.3 Å². The summed E-state index contributed by atoms with van der Waals surface area (Å²) in [6, 6.07) is 5.57. The average molecular weight is 619 g/mol. The summed E-state index contributed by atoms with van der Waals surface area (Å²) < 4.78 is 46.5. The van der Waals surface area contributed by atoms with Gasteiger partial charge in [-0.05, 0) is 63.5 Å². The van der Waals surface area contributed by atoms with Gasteiger partial charge in [0.1, 0.15) is 17.5 Å². The summed E-state index contributed by atoms with van der Waals surface area (Å²) in [5, 5.41) is 4.43. The summed E-state index contributed by atoms with van der Waals surface area (Å²) in [5.74, 6) is -4.75. The zero-order valence-electron chi connectivity index (χ0n) is 24.2. The first-order valence-electron chi connectivity index (χ1n) is 14.5. The van der Waals surface area contributed by atoms with Crippen LogP contribution in [0.5, 0.6) is 0 Å². The van der Waals surface area contributed by atoms with E-state index in [9.17, 15) is 32.0 Å². The second-order valence-electron chi connectivity index (χ2n) is 11.5. The maximum absolute atomic E-state index is 14.0. The third-order valence-corrected chi connectivity index (χ3v) is 10.2. The third-order valence-electron chi connectivity index (χ3n) is 8.33. The number of sulfonamides is 1. The zero-order valence-corrected chi connectivity index (χ0v) is 25.0. The van der Waals surface area contributed by atoms with Crippen LogP contribution in [0.1, 0.15) is 51.4 Å². The van der Waals surface area contributed by atoms with Gasteiger partial charge in [0.25, 0.3) is 5.91 Å². The van der Waals surface area contributed by atoms with E-state index in [1.54, 1.807) is 19.2 Å². The molecule has 13 heteroatoms. The Morgan fingerprint density at radius 1 is 1.12 bits per heavy atom. The molecular weight excluding hydrogens is 579 g/mol. The first-order chi connectivity index (χ1) is 20.4. The van der Waals surface area contributed by atoms with Gasteiger partial charge in [0.05, 0.1) is 22.8 Å². The summed E-state index contributed by atoms with van der Waals surface area (Å²) in [6.45, 7) is 7.85. The number of carbonyl (C=O) groups excluding carboxylic acids is 4. The van der Waals surface area contributed by atoms with Gasteiger partial charge in [-0.15, -0.1) is 13.2 Å². The Morgan fingerprint density at radius 3 is 2.44 bits per heavy atom. The van der Waals surface area contributed by atoms with Crippen LogP contribution in [0.15, 0.2) is 49.6 Å². The van der Waals surface area contributed by atoms with Crippen LogP contribution in [-0.2, 0) is 29.1 Å². The SMILES string of the molecule is C=CCCCCN(C)C(=O)[C@@H]1C[C@H](OC(=O)Nc2ccccc2F)C[C@H]1C(=O)N[C@]1(C(=O)NS(=O)(=O)C2CC2)C[C@H]1C=C. The van der Waals surface area contributed by atoms with Gasteiger partial charge in [0.15, 0.2) is 0 Å². The normalized spacial score (nSPS) is 26.1. The van der Waals surface area contributed by atoms with E-state index in [1.807, 2.05) is 0 Å². The largest absolute Gasteiger partial charge is 0.446 e. The number of hydrogen-bond donors (Lipinski definition) is 3. The lowest BCUT2D eigenvalue weighted by Crippen LogP contribution is -2.54. The molecule has 43 heavy (non-hydrogen) atoms. The average Bonchev–Trinajstić information content (AvgIpc) is 3.89. The van der Waals surface area contributed by atoms with Gasteiger partial charge in [-0.2, -0.15) is 0 Å². The monoisotopic (exact) mass is 618 g/mol. The van der Waals surface area contributed by atoms with E-state index in [-0.39, 0.29) is 30.9 Å². The van der Waals surface area contributed by atoms with Crippen molar-refractivity contribution in [2.75, 3.05) is 18.9 Å². The van der Waals surface area contributed by atoms with Gasteiger partial charge >= 0.3 is 6.09 Å². The molecule has 0 unspecified atom stereocenters. The van der Waals surface area contributed by atoms with E-state index in [0.29, 0.717) is 19.4 Å². The van der Waals surface area contributed by atoms with Crippen LogP contribution in [-0.4, -0.2) is 67.6 Å². The van der Waals surface area contributed by atoms with Crippen LogP contribution in [0.3, 0.4) is 0 Å². The molecule has 3 aliphatic carbocycles. The summed E-state index contributed by atoms with van der Waals surface area (Å²) in [4.78, 5) is 54.5. The van der Waals surface area contributed by atoms with Gasteiger partial charge in [-0.1, -0.05) is 24.3 Å². The molecule has 4 amide bonds. The van der Waals surface area contributed by atoms with E-state index in [1.165, 1.54) is 29.2 Å². The van der Waals surface area contributed by atoms with E-state index >= 15 is 0 Å². The first-order valence-corrected chi connectivity index (χ1v) is 16.0. The van der Waals surface area contributed by atoms with Crippen molar-refractivity contribution in [2.24, 2.45) is 17.8 Å². The second-order valence-corrected chi connectivity index (χ2v) is 13.5. The molecular formula is C30H39FN4O7S. The molecule has 0 aromatic heterocycles. The number of rotatable bonds is 14. The van der Waals surface area contributed by atoms with Crippen molar-refractivity contribution >= 4 is 39.5 Å². The lowest BCUT2D eigenvalue weighted by Gasteiger charge is -2.26. The molecule has 1 aromatic carbocycles. The number of ether oxygens (including phenoxy) is 1. The maximum Gasteiger partial charge on any atom is 0.411 e. The molecule has 0 spiro atoms. The third kappa shape index (κ3) is 7.62. The molecule has 0 aliphatic heterocycles. The molecule has 0 bridgehead atoms. The Balaban J connectivity index is 1.48. The number of benzene rings is 1. The number of nitrogens with one attached hydrogen (secondary N) is 3. The van der Waals surface area contributed by atoms with Gasteiger partial charge < -0.3 is 15.0 Å². The highest BCUT2D eigenvalue weighted by Crippen LogP contribution is 2.46. The standard InChI is InChI=1S/C30H39FN4O7S/c1-4-6-7-10-15-35(3)27(37)23-17-20(42-29(39)32-25-12-9-8-11-24(25)31)16-22(23)26(36)33-30(18-19(30)5-2)28(38)34-43(40,41)21-13-14-21/h4-5,8-9,11-12,19-23H,1-2,6-7,10,13-18H2,3H3,(H,32,39)(H,33,36)(H,34,38)/t19-,20-,22-,23-,30-/m1/s1. The summed E-state index contributed by atoms with van der Waals surface area (Å²) in [5.41, 5.74) is -1.59. The zero-order chi connectivity index (χ0) is 31.4. The van der Waals surface area contributed by atoms with Crippen LogP contribution >= 0.6 is 0 Å². The number of allylic oxidation sites excluding steroid dienone is 1.